The number of aliphatic hydroxyl groups excluding tert-OH is 1. The fourth-order valence-corrected chi connectivity index (χ4v) is 3.80. The van der Waals surface area contributed by atoms with Crippen LogP contribution in [0.1, 0.15) is 22.7 Å². The van der Waals surface area contributed by atoms with Crippen LogP contribution in [0, 0.1) is 0 Å². The molecule has 168 valence electrons. The van der Waals surface area contributed by atoms with Crippen LogP contribution >= 0.6 is 0 Å². The van der Waals surface area contributed by atoms with Gasteiger partial charge in [-0.2, -0.15) is 0 Å². The summed E-state index contributed by atoms with van der Waals surface area (Å²) < 4.78 is 10.9. The van der Waals surface area contributed by atoms with Gasteiger partial charge in [-0.1, -0.05) is 30.3 Å². The Balaban J connectivity index is 1.63. The normalized spacial score (nSPS) is 17.4. The van der Waals surface area contributed by atoms with Crippen LogP contribution in [0.2, 0.25) is 0 Å². The van der Waals surface area contributed by atoms with E-state index in [0.29, 0.717) is 23.5 Å². The highest BCUT2D eigenvalue weighted by Crippen LogP contribution is 2.39. The number of nitrogens with zero attached hydrogens (tertiary/aromatic N) is 2. The second-order valence-electron chi connectivity index (χ2n) is 7.56. The van der Waals surface area contributed by atoms with E-state index in [-0.39, 0.29) is 24.5 Å². The van der Waals surface area contributed by atoms with Gasteiger partial charge in [-0.15, -0.1) is 0 Å². The molecule has 1 aromatic heterocycles. The number of hydrogen-bond donors (Lipinski definition) is 1. The van der Waals surface area contributed by atoms with Crippen LogP contribution in [-0.2, 0) is 20.9 Å². The van der Waals surface area contributed by atoms with Gasteiger partial charge in [0.15, 0.2) is 0 Å². The molecule has 0 spiro atoms. The number of aromatic nitrogens is 1. The zero-order valence-electron chi connectivity index (χ0n) is 18.2. The molecule has 3 aromatic rings. The van der Waals surface area contributed by atoms with Crippen molar-refractivity contribution in [3.05, 3.63) is 101 Å². The number of ether oxygens (including phenoxy) is 2. The van der Waals surface area contributed by atoms with E-state index >= 15 is 0 Å². The van der Waals surface area contributed by atoms with Crippen molar-refractivity contribution < 1.29 is 24.2 Å². The second-order valence-corrected chi connectivity index (χ2v) is 7.56. The second kappa shape index (κ2) is 10.1. The summed E-state index contributed by atoms with van der Waals surface area (Å²) >= 11 is 0. The maximum atomic E-state index is 12.9. The number of methoxy groups -OCH3 is 1. The Hall–Kier alpha value is -3.97. The number of aliphatic hydroxyl groups is 1. The van der Waals surface area contributed by atoms with Crippen LogP contribution in [0.4, 0.5) is 0 Å². The van der Waals surface area contributed by atoms with Gasteiger partial charge in [0.25, 0.3) is 11.7 Å². The molecule has 1 aliphatic heterocycles. The summed E-state index contributed by atoms with van der Waals surface area (Å²) in [6, 6.07) is 19.3. The predicted octanol–water partition coefficient (Wildman–Crippen LogP) is 3.73. The zero-order valence-corrected chi connectivity index (χ0v) is 18.2. The highest BCUT2D eigenvalue weighted by molar-refractivity contribution is 6.46. The average Bonchev–Trinajstić information content (AvgIpc) is 3.12. The fraction of sp³-hybridized carbons (Fsp3) is 0.192. The van der Waals surface area contributed by atoms with Crippen molar-refractivity contribution in [1.82, 2.24) is 9.88 Å². The first-order chi connectivity index (χ1) is 16.1. The molecule has 1 saturated heterocycles. The lowest BCUT2D eigenvalue weighted by Crippen LogP contribution is -2.32. The molecule has 1 aliphatic rings. The molecule has 2 aromatic carbocycles. The van der Waals surface area contributed by atoms with E-state index in [9.17, 15) is 14.7 Å². The molecular weight excluding hydrogens is 420 g/mol. The molecule has 1 atom stereocenters. The Kier molecular flexibility index (Phi) is 6.80. The first-order valence-electron chi connectivity index (χ1n) is 10.5. The smallest absolute Gasteiger partial charge is 0.295 e. The monoisotopic (exact) mass is 444 g/mol. The van der Waals surface area contributed by atoms with Gasteiger partial charge in [-0.25, -0.2) is 0 Å². The third kappa shape index (κ3) is 4.78. The van der Waals surface area contributed by atoms with E-state index in [1.807, 2.05) is 30.3 Å². The molecule has 33 heavy (non-hydrogen) atoms. The number of carbonyl (C=O) groups excluding carboxylic acids is 2. The first-order valence-corrected chi connectivity index (χ1v) is 10.5. The van der Waals surface area contributed by atoms with E-state index < -0.39 is 17.7 Å². The number of amides is 1. The lowest BCUT2D eigenvalue weighted by molar-refractivity contribution is -0.140. The number of Topliss-reactive ketones (excluding diaryl/α,β-unsaturated/α-hetero) is 1. The lowest BCUT2D eigenvalue weighted by Gasteiger charge is -2.24. The summed E-state index contributed by atoms with van der Waals surface area (Å²) in [7, 11) is 1.53. The quantitative estimate of drug-likeness (QED) is 0.324. The summed E-state index contributed by atoms with van der Waals surface area (Å²) in [6.07, 6.45) is 3.18. The van der Waals surface area contributed by atoms with Crippen molar-refractivity contribution in [3.8, 4) is 5.75 Å². The topological polar surface area (TPSA) is 89.0 Å². The summed E-state index contributed by atoms with van der Waals surface area (Å²) in [5.74, 6) is -1.00. The van der Waals surface area contributed by atoms with E-state index in [0.717, 1.165) is 5.56 Å². The Morgan fingerprint density at radius 3 is 2.36 bits per heavy atom. The minimum Gasteiger partial charge on any atom is -0.507 e. The first kappa shape index (κ1) is 22.2. The molecule has 7 heteroatoms. The average molecular weight is 444 g/mol. The van der Waals surface area contributed by atoms with Crippen molar-refractivity contribution in [2.75, 3.05) is 20.3 Å². The molecule has 1 N–H and O–H groups in total. The predicted molar refractivity (Wildman–Crippen MR) is 122 cm³/mol. The van der Waals surface area contributed by atoms with Crippen LogP contribution < -0.4 is 4.74 Å². The Morgan fingerprint density at radius 1 is 1.00 bits per heavy atom. The third-order valence-electron chi connectivity index (χ3n) is 5.47. The Bertz CT molecular complexity index is 1140. The lowest BCUT2D eigenvalue weighted by atomic mass is 9.96. The molecule has 0 bridgehead atoms. The number of carbonyl (C=O) groups is 2. The van der Waals surface area contributed by atoms with Crippen molar-refractivity contribution in [3.63, 3.8) is 0 Å². The van der Waals surface area contributed by atoms with Crippen LogP contribution in [0.3, 0.4) is 0 Å². The summed E-state index contributed by atoms with van der Waals surface area (Å²) in [4.78, 5) is 31.1. The minimum atomic E-state index is -0.727. The van der Waals surface area contributed by atoms with Crippen molar-refractivity contribution in [2.45, 2.75) is 12.6 Å². The Labute approximate surface area is 191 Å². The highest BCUT2D eigenvalue weighted by Gasteiger charge is 2.45. The van der Waals surface area contributed by atoms with Crippen molar-refractivity contribution in [1.29, 1.82) is 0 Å². The van der Waals surface area contributed by atoms with Gasteiger partial charge in [-0.05, 0) is 47.5 Å². The molecule has 0 aliphatic carbocycles. The van der Waals surface area contributed by atoms with E-state index in [2.05, 4.69) is 4.98 Å². The molecule has 0 radical (unpaired) electrons. The highest BCUT2D eigenvalue weighted by atomic mass is 16.5. The van der Waals surface area contributed by atoms with E-state index in [1.54, 1.807) is 48.8 Å². The third-order valence-corrected chi connectivity index (χ3v) is 5.47. The van der Waals surface area contributed by atoms with Gasteiger partial charge in [0.1, 0.15) is 18.1 Å². The number of pyridine rings is 1. The van der Waals surface area contributed by atoms with Crippen LogP contribution in [0.15, 0.2) is 84.7 Å². The summed E-state index contributed by atoms with van der Waals surface area (Å²) in [5, 5.41) is 11.1. The maximum absolute atomic E-state index is 12.9. The summed E-state index contributed by atoms with van der Waals surface area (Å²) in [6.45, 7) is 0.901. The number of likely N-dealkylation sites (tertiary alicyclic amines) is 1. The number of ketones is 1. The molecule has 1 amide bonds. The molecule has 2 heterocycles. The van der Waals surface area contributed by atoms with E-state index in [4.69, 9.17) is 9.47 Å². The minimum absolute atomic E-state index is 0.0419. The number of rotatable bonds is 8. The van der Waals surface area contributed by atoms with Gasteiger partial charge < -0.3 is 19.5 Å². The fourth-order valence-electron chi connectivity index (χ4n) is 3.80. The van der Waals surface area contributed by atoms with Gasteiger partial charge in [0, 0.05) is 31.6 Å². The van der Waals surface area contributed by atoms with Crippen LogP contribution in [0.5, 0.6) is 5.75 Å². The summed E-state index contributed by atoms with van der Waals surface area (Å²) in [5.41, 5.74) is 2.19. The van der Waals surface area contributed by atoms with Crippen molar-refractivity contribution >= 4 is 17.4 Å². The molecule has 1 fully saturated rings. The standard InChI is InChI=1S/C26H24N2O5/c1-32-16-15-28-23(19-11-13-27-14-12-19)22(25(30)26(28)31)24(29)20-7-9-21(10-8-20)33-17-18-5-3-2-4-6-18/h2-14,23,29H,15-17H2,1H3/b24-22+/t23-/m1/s1. The molecule has 4 rings (SSSR count). The van der Waals surface area contributed by atoms with Crippen LogP contribution in [0.25, 0.3) is 5.76 Å². The van der Waals surface area contributed by atoms with Gasteiger partial charge in [-0.3, -0.25) is 14.6 Å². The molecular formula is C26H24N2O5. The van der Waals surface area contributed by atoms with Crippen molar-refractivity contribution in [2.24, 2.45) is 0 Å². The maximum Gasteiger partial charge on any atom is 0.295 e. The van der Waals surface area contributed by atoms with E-state index in [1.165, 1.54) is 12.0 Å². The number of benzene rings is 2. The molecule has 0 unspecified atom stereocenters. The SMILES string of the molecule is COCCN1C(=O)C(=O)/C(=C(/O)c2ccc(OCc3ccccc3)cc2)[C@H]1c1ccncc1. The Morgan fingerprint density at radius 2 is 1.70 bits per heavy atom. The zero-order chi connectivity index (χ0) is 23.2. The van der Waals surface area contributed by atoms with Gasteiger partial charge >= 0.3 is 0 Å². The molecule has 7 nitrogen and oxygen atoms in total. The van der Waals surface area contributed by atoms with Crippen LogP contribution in [-0.4, -0.2) is 46.9 Å². The molecule has 0 saturated carbocycles. The van der Waals surface area contributed by atoms with Gasteiger partial charge in [0.05, 0.1) is 18.2 Å². The number of hydrogen-bond acceptors (Lipinski definition) is 6. The van der Waals surface area contributed by atoms with Gasteiger partial charge in [0.2, 0.25) is 0 Å². The largest absolute Gasteiger partial charge is 0.507 e.